The number of nitrogens with two attached hydrogens (primary N) is 1. The number of nitrogens with zero attached hydrogens (tertiary/aromatic N) is 1. The van der Waals surface area contributed by atoms with Crippen LogP contribution in [0.4, 0.5) is 0 Å². The molecule has 3 heteroatoms. The van der Waals surface area contributed by atoms with E-state index in [4.69, 9.17) is 15.7 Å². The minimum Gasteiger partial charge on any atom is -0.489 e. The zero-order valence-electron chi connectivity index (χ0n) is 9.97. The smallest absolute Gasteiger partial charge is 0.119 e. The van der Waals surface area contributed by atoms with Crippen molar-refractivity contribution in [2.24, 2.45) is 5.73 Å². The normalized spacial score (nSPS) is 9.78. The molecule has 0 fully saturated rings. The van der Waals surface area contributed by atoms with Crippen molar-refractivity contribution in [1.82, 2.24) is 0 Å². The summed E-state index contributed by atoms with van der Waals surface area (Å²) in [4.78, 5) is 0. The van der Waals surface area contributed by atoms with Crippen LogP contribution in [-0.2, 0) is 13.2 Å². The Kier molecular flexibility index (Phi) is 3.95. The molecule has 2 aromatic carbocycles. The summed E-state index contributed by atoms with van der Waals surface area (Å²) in [6.45, 7) is 0.988. The van der Waals surface area contributed by atoms with Crippen LogP contribution in [0, 0.1) is 11.3 Å². The van der Waals surface area contributed by atoms with Crippen LogP contribution >= 0.6 is 0 Å². The summed E-state index contributed by atoms with van der Waals surface area (Å²) in [6.07, 6.45) is 0. The molecule has 0 atom stereocenters. The number of rotatable bonds is 4. The lowest BCUT2D eigenvalue weighted by molar-refractivity contribution is 0.306. The maximum atomic E-state index is 8.80. The zero-order chi connectivity index (χ0) is 12.8. The van der Waals surface area contributed by atoms with Gasteiger partial charge in [0.1, 0.15) is 12.4 Å². The standard InChI is InChI=1S/C15H14N2O/c16-9-12-4-6-15(7-5-12)18-11-14-3-1-2-13(8-14)10-17/h1-8H,9,11,16H2. The lowest BCUT2D eigenvalue weighted by atomic mass is 10.1. The van der Waals surface area contributed by atoms with Gasteiger partial charge in [0.2, 0.25) is 0 Å². The molecule has 0 heterocycles. The molecular weight excluding hydrogens is 224 g/mol. The van der Waals surface area contributed by atoms with Crippen molar-refractivity contribution in [2.75, 3.05) is 0 Å². The molecule has 0 bridgehead atoms. The van der Waals surface area contributed by atoms with Crippen molar-refractivity contribution in [3.63, 3.8) is 0 Å². The fourth-order valence-corrected chi connectivity index (χ4v) is 1.62. The van der Waals surface area contributed by atoms with E-state index >= 15 is 0 Å². The summed E-state index contributed by atoms with van der Waals surface area (Å²) in [7, 11) is 0. The highest BCUT2D eigenvalue weighted by Crippen LogP contribution is 2.14. The van der Waals surface area contributed by atoms with Crippen LogP contribution in [0.25, 0.3) is 0 Å². The van der Waals surface area contributed by atoms with Gasteiger partial charge in [0, 0.05) is 6.54 Å². The molecule has 0 aromatic heterocycles. The molecule has 3 nitrogen and oxygen atoms in total. The third kappa shape index (κ3) is 3.09. The lowest BCUT2D eigenvalue weighted by Gasteiger charge is -2.07. The second kappa shape index (κ2) is 5.85. The van der Waals surface area contributed by atoms with Crippen molar-refractivity contribution in [2.45, 2.75) is 13.2 Å². The third-order valence-corrected chi connectivity index (χ3v) is 2.62. The van der Waals surface area contributed by atoms with E-state index in [1.165, 1.54) is 0 Å². The predicted molar refractivity (Wildman–Crippen MR) is 69.8 cm³/mol. The maximum absolute atomic E-state index is 8.80. The summed E-state index contributed by atoms with van der Waals surface area (Å²) in [6, 6.07) is 17.2. The Hall–Kier alpha value is -2.31. The van der Waals surface area contributed by atoms with Crippen molar-refractivity contribution in [3.05, 3.63) is 65.2 Å². The first-order valence-electron chi connectivity index (χ1n) is 5.72. The van der Waals surface area contributed by atoms with Crippen LogP contribution < -0.4 is 10.5 Å². The summed E-state index contributed by atoms with van der Waals surface area (Å²) in [5, 5.41) is 8.80. The van der Waals surface area contributed by atoms with Gasteiger partial charge in [0.25, 0.3) is 0 Å². The molecule has 2 rings (SSSR count). The first-order chi connectivity index (χ1) is 8.81. The fraction of sp³-hybridized carbons (Fsp3) is 0.133. The van der Waals surface area contributed by atoms with E-state index < -0.39 is 0 Å². The second-order valence-corrected chi connectivity index (χ2v) is 3.95. The summed E-state index contributed by atoms with van der Waals surface area (Å²) in [5.41, 5.74) is 8.23. The molecule has 2 aromatic rings. The average molecular weight is 238 g/mol. The molecule has 0 saturated carbocycles. The van der Waals surface area contributed by atoms with Crippen molar-refractivity contribution >= 4 is 0 Å². The molecule has 18 heavy (non-hydrogen) atoms. The first-order valence-corrected chi connectivity index (χ1v) is 5.72. The Morgan fingerprint density at radius 2 is 1.83 bits per heavy atom. The van der Waals surface area contributed by atoms with Gasteiger partial charge in [-0.3, -0.25) is 0 Å². The van der Waals surface area contributed by atoms with E-state index in [2.05, 4.69) is 6.07 Å². The quantitative estimate of drug-likeness (QED) is 0.890. The summed E-state index contributed by atoms with van der Waals surface area (Å²) in [5.74, 6) is 0.801. The van der Waals surface area contributed by atoms with Crippen molar-refractivity contribution in [1.29, 1.82) is 5.26 Å². The van der Waals surface area contributed by atoms with E-state index in [-0.39, 0.29) is 0 Å². The first kappa shape index (κ1) is 12.2. The van der Waals surface area contributed by atoms with Gasteiger partial charge in [-0.25, -0.2) is 0 Å². The predicted octanol–water partition coefficient (Wildman–Crippen LogP) is 2.60. The Labute approximate surface area is 106 Å². The number of hydrogen-bond acceptors (Lipinski definition) is 3. The maximum Gasteiger partial charge on any atom is 0.119 e. The van der Waals surface area contributed by atoms with Gasteiger partial charge < -0.3 is 10.5 Å². The molecule has 0 aliphatic heterocycles. The number of benzene rings is 2. The second-order valence-electron chi connectivity index (χ2n) is 3.95. The van der Waals surface area contributed by atoms with E-state index in [0.29, 0.717) is 18.7 Å². The number of ether oxygens (including phenoxy) is 1. The minimum absolute atomic E-state index is 0.456. The van der Waals surface area contributed by atoms with Crippen molar-refractivity contribution < 1.29 is 4.74 Å². The molecular formula is C15H14N2O. The molecule has 0 unspecified atom stereocenters. The van der Waals surface area contributed by atoms with Crippen LogP contribution in [0.15, 0.2) is 48.5 Å². The number of nitriles is 1. The van der Waals surface area contributed by atoms with E-state index in [1.807, 2.05) is 42.5 Å². The van der Waals surface area contributed by atoms with E-state index in [1.54, 1.807) is 6.07 Å². The Morgan fingerprint density at radius 1 is 1.06 bits per heavy atom. The van der Waals surface area contributed by atoms with Gasteiger partial charge in [-0.15, -0.1) is 0 Å². The summed E-state index contributed by atoms with van der Waals surface area (Å²) >= 11 is 0. The highest BCUT2D eigenvalue weighted by atomic mass is 16.5. The van der Waals surface area contributed by atoms with Gasteiger partial charge in [-0.05, 0) is 35.4 Å². The highest BCUT2D eigenvalue weighted by molar-refractivity contribution is 5.33. The largest absolute Gasteiger partial charge is 0.489 e. The van der Waals surface area contributed by atoms with Crippen LogP contribution in [0.3, 0.4) is 0 Å². The molecule has 90 valence electrons. The molecule has 0 amide bonds. The molecule has 0 aliphatic carbocycles. The van der Waals surface area contributed by atoms with Gasteiger partial charge >= 0.3 is 0 Å². The molecule has 0 saturated heterocycles. The van der Waals surface area contributed by atoms with Crippen LogP contribution in [0.5, 0.6) is 5.75 Å². The van der Waals surface area contributed by atoms with Crippen LogP contribution in [-0.4, -0.2) is 0 Å². The molecule has 2 N–H and O–H groups in total. The third-order valence-electron chi connectivity index (χ3n) is 2.62. The Bertz CT molecular complexity index is 555. The van der Waals surface area contributed by atoms with Gasteiger partial charge in [-0.2, -0.15) is 5.26 Å². The lowest BCUT2D eigenvalue weighted by Crippen LogP contribution is -1.98. The average Bonchev–Trinajstić information content (AvgIpc) is 2.46. The van der Waals surface area contributed by atoms with Crippen LogP contribution in [0.2, 0.25) is 0 Å². The monoisotopic (exact) mass is 238 g/mol. The Morgan fingerprint density at radius 3 is 2.50 bits per heavy atom. The topological polar surface area (TPSA) is 59.0 Å². The van der Waals surface area contributed by atoms with Gasteiger partial charge in [0.05, 0.1) is 11.6 Å². The Balaban J connectivity index is 2.00. The van der Waals surface area contributed by atoms with E-state index in [0.717, 1.165) is 16.9 Å². The van der Waals surface area contributed by atoms with E-state index in [9.17, 15) is 0 Å². The molecule has 0 aliphatic rings. The molecule has 0 spiro atoms. The summed E-state index contributed by atoms with van der Waals surface area (Å²) < 4.78 is 5.64. The SMILES string of the molecule is N#Cc1cccc(COc2ccc(CN)cc2)c1. The van der Waals surface area contributed by atoms with Crippen molar-refractivity contribution in [3.8, 4) is 11.8 Å². The highest BCUT2D eigenvalue weighted by Gasteiger charge is 1.98. The van der Waals surface area contributed by atoms with Gasteiger partial charge in [0.15, 0.2) is 0 Å². The minimum atomic E-state index is 0.456. The fourth-order valence-electron chi connectivity index (χ4n) is 1.62. The van der Waals surface area contributed by atoms with Gasteiger partial charge in [-0.1, -0.05) is 24.3 Å². The molecule has 0 radical (unpaired) electrons. The van der Waals surface area contributed by atoms with Crippen LogP contribution in [0.1, 0.15) is 16.7 Å². The number of hydrogen-bond donors (Lipinski definition) is 1. The zero-order valence-corrected chi connectivity index (χ0v) is 9.97.